The van der Waals surface area contributed by atoms with E-state index in [-0.39, 0.29) is 28.1 Å². The number of aromatic carboxylic acids is 1. The molecule has 0 aliphatic carbocycles. The number of carbonyl (C=O) groups excluding carboxylic acids is 1. The lowest BCUT2D eigenvalue weighted by Crippen LogP contribution is -2.21. The Labute approximate surface area is 140 Å². The molecule has 0 atom stereocenters. The molecule has 0 saturated carbocycles. The Balaban J connectivity index is 2.46. The number of phenolic OH excluding ortho intramolecular Hbond substituents is 1. The highest BCUT2D eigenvalue weighted by atomic mass is 16.4. The molecule has 0 heterocycles. The minimum atomic E-state index is -1.25. The molecule has 0 saturated heterocycles. The van der Waals surface area contributed by atoms with Crippen LogP contribution in [-0.4, -0.2) is 35.1 Å². The van der Waals surface area contributed by atoms with Crippen LogP contribution in [0.25, 0.3) is 0 Å². The van der Waals surface area contributed by atoms with Crippen LogP contribution in [0.3, 0.4) is 0 Å². The van der Waals surface area contributed by atoms with E-state index in [0.29, 0.717) is 0 Å². The number of phenols is 1. The number of nitrogens with zero attached hydrogens (tertiary/aromatic N) is 1. The molecule has 0 unspecified atom stereocenters. The molecule has 6 nitrogen and oxygen atoms in total. The Bertz CT molecular complexity index is 783. The van der Waals surface area contributed by atoms with Crippen LogP contribution in [0, 0.1) is 0 Å². The van der Waals surface area contributed by atoms with E-state index >= 15 is 0 Å². The maximum atomic E-state index is 12.6. The van der Waals surface area contributed by atoms with Gasteiger partial charge < -0.3 is 20.8 Å². The first-order valence-corrected chi connectivity index (χ1v) is 7.64. The molecule has 0 aliphatic rings. The van der Waals surface area contributed by atoms with Crippen LogP contribution in [0.2, 0.25) is 0 Å². The van der Waals surface area contributed by atoms with Gasteiger partial charge in [-0.15, -0.1) is 0 Å². The lowest BCUT2D eigenvalue weighted by molar-refractivity contribution is 0.0692. The fraction of sp³-hybridized carbons (Fsp3) is 0.222. The minimum Gasteiger partial charge on any atom is -0.507 e. The van der Waals surface area contributed by atoms with Crippen molar-refractivity contribution in [2.45, 2.75) is 13.8 Å². The van der Waals surface area contributed by atoms with E-state index in [9.17, 15) is 19.8 Å². The fourth-order valence-corrected chi connectivity index (χ4v) is 2.58. The number of nitrogen functional groups attached to an aromatic ring is 1. The van der Waals surface area contributed by atoms with Gasteiger partial charge in [0.25, 0.3) is 0 Å². The first-order valence-electron chi connectivity index (χ1n) is 7.64. The number of carboxylic acid groups (broad SMARTS) is 1. The summed E-state index contributed by atoms with van der Waals surface area (Å²) in [6.07, 6.45) is 0. The molecule has 0 radical (unpaired) electrons. The van der Waals surface area contributed by atoms with Crippen molar-refractivity contribution in [3.05, 3.63) is 53.1 Å². The molecular weight excluding hydrogens is 308 g/mol. The van der Waals surface area contributed by atoms with Crippen LogP contribution < -0.4 is 10.6 Å². The Morgan fingerprint density at radius 3 is 2.17 bits per heavy atom. The molecule has 0 aliphatic heterocycles. The quantitative estimate of drug-likeness (QED) is 0.556. The van der Waals surface area contributed by atoms with E-state index in [0.717, 1.165) is 18.8 Å². The first kappa shape index (κ1) is 17.3. The van der Waals surface area contributed by atoms with Gasteiger partial charge in [-0.3, -0.25) is 4.79 Å². The normalized spacial score (nSPS) is 10.4. The van der Waals surface area contributed by atoms with Gasteiger partial charge in [0, 0.05) is 36.1 Å². The standard InChI is InChI=1S/C18H20N2O4/c1-3-20(4-2)12-6-8-14(16(21)10-12)17(22)13-7-5-11(19)9-15(13)18(23)24/h5-10,21H,3-4,19H2,1-2H3,(H,23,24). The maximum absolute atomic E-state index is 12.6. The first-order chi connectivity index (χ1) is 11.4. The summed E-state index contributed by atoms with van der Waals surface area (Å²) in [7, 11) is 0. The molecule has 0 aromatic heterocycles. The molecule has 0 amide bonds. The highest BCUT2D eigenvalue weighted by Gasteiger charge is 2.21. The van der Waals surface area contributed by atoms with Crippen molar-refractivity contribution in [3.63, 3.8) is 0 Å². The van der Waals surface area contributed by atoms with Gasteiger partial charge >= 0.3 is 5.97 Å². The number of benzene rings is 2. The van der Waals surface area contributed by atoms with Gasteiger partial charge in [-0.25, -0.2) is 4.79 Å². The molecule has 126 valence electrons. The third kappa shape index (κ3) is 3.32. The van der Waals surface area contributed by atoms with Crippen molar-refractivity contribution in [1.82, 2.24) is 0 Å². The van der Waals surface area contributed by atoms with Gasteiger partial charge in [0.1, 0.15) is 5.75 Å². The summed E-state index contributed by atoms with van der Waals surface area (Å²) in [4.78, 5) is 26.0. The Morgan fingerprint density at radius 2 is 1.62 bits per heavy atom. The van der Waals surface area contributed by atoms with Crippen LogP contribution in [0.4, 0.5) is 11.4 Å². The summed E-state index contributed by atoms with van der Waals surface area (Å²) >= 11 is 0. The summed E-state index contributed by atoms with van der Waals surface area (Å²) in [6.45, 7) is 5.52. The van der Waals surface area contributed by atoms with Crippen molar-refractivity contribution in [2.75, 3.05) is 23.7 Å². The molecule has 2 rings (SSSR count). The zero-order valence-electron chi connectivity index (χ0n) is 13.6. The average molecular weight is 328 g/mol. The van der Waals surface area contributed by atoms with Crippen LogP contribution in [-0.2, 0) is 0 Å². The number of hydrogen-bond donors (Lipinski definition) is 3. The predicted octanol–water partition coefficient (Wildman–Crippen LogP) is 2.75. The lowest BCUT2D eigenvalue weighted by Gasteiger charge is -2.21. The number of carboxylic acids is 1. The molecule has 0 spiro atoms. The van der Waals surface area contributed by atoms with Crippen LogP contribution in [0.1, 0.15) is 40.1 Å². The van der Waals surface area contributed by atoms with Crippen molar-refractivity contribution in [3.8, 4) is 5.75 Å². The molecule has 24 heavy (non-hydrogen) atoms. The third-order valence-corrected chi connectivity index (χ3v) is 3.87. The van der Waals surface area contributed by atoms with E-state index in [4.69, 9.17) is 5.73 Å². The molecule has 2 aromatic rings. The zero-order chi connectivity index (χ0) is 17.9. The zero-order valence-corrected chi connectivity index (χ0v) is 13.6. The number of rotatable bonds is 6. The average Bonchev–Trinajstić information content (AvgIpc) is 2.55. The second-order valence-electron chi connectivity index (χ2n) is 5.31. The number of aromatic hydroxyl groups is 1. The van der Waals surface area contributed by atoms with Gasteiger partial charge in [-0.05, 0) is 44.2 Å². The van der Waals surface area contributed by atoms with E-state index in [1.807, 2.05) is 18.7 Å². The SMILES string of the molecule is CCN(CC)c1ccc(C(=O)c2ccc(N)cc2C(=O)O)c(O)c1. The van der Waals surface area contributed by atoms with Gasteiger partial charge in [-0.2, -0.15) is 0 Å². The number of ketones is 1. The molecule has 0 bridgehead atoms. The predicted molar refractivity (Wildman–Crippen MR) is 92.9 cm³/mol. The van der Waals surface area contributed by atoms with Crippen molar-refractivity contribution in [2.24, 2.45) is 0 Å². The molecular formula is C18H20N2O4. The van der Waals surface area contributed by atoms with Crippen LogP contribution >= 0.6 is 0 Å². The van der Waals surface area contributed by atoms with E-state index in [1.54, 1.807) is 6.07 Å². The summed E-state index contributed by atoms with van der Waals surface area (Å²) in [5, 5.41) is 19.5. The fourth-order valence-electron chi connectivity index (χ4n) is 2.58. The highest BCUT2D eigenvalue weighted by molar-refractivity contribution is 6.15. The summed E-state index contributed by atoms with van der Waals surface area (Å²) in [5.74, 6) is -1.99. The van der Waals surface area contributed by atoms with E-state index < -0.39 is 11.8 Å². The van der Waals surface area contributed by atoms with Crippen molar-refractivity contribution >= 4 is 23.1 Å². The Morgan fingerprint density at radius 1 is 1.00 bits per heavy atom. The maximum Gasteiger partial charge on any atom is 0.336 e. The van der Waals surface area contributed by atoms with E-state index in [1.165, 1.54) is 30.3 Å². The van der Waals surface area contributed by atoms with Gasteiger partial charge in [-0.1, -0.05) is 0 Å². The van der Waals surface area contributed by atoms with Gasteiger partial charge in [0.05, 0.1) is 11.1 Å². The molecule has 4 N–H and O–H groups in total. The summed E-state index contributed by atoms with van der Waals surface area (Å²) in [6, 6.07) is 8.81. The smallest absolute Gasteiger partial charge is 0.336 e. The van der Waals surface area contributed by atoms with Crippen molar-refractivity contribution in [1.29, 1.82) is 0 Å². The lowest BCUT2D eigenvalue weighted by atomic mass is 9.97. The highest BCUT2D eigenvalue weighted by Crippen LogP contribution is 2.28. The number of carbonyl (C=O) groups is 2. The molecule has 2 aromatic carbocycles. The molecule has 6 heteroatoms. The number of nitrogens with two attached hydrogens (primary N) is 1. The van der Waals surface area contributed by atoms with Crippen molar-refractivity contribution < 1.29 is 19.8 Å². The van der Waals surface area contributed by atoms with Gasteiger partial charge in [0.2, 0.25) is 0 Å². The van der Waals surface area contributed by atoms with E-state index in [2.05, 4.69) is 0 Å². The topological polar surface area (TPSA) is 104 Å². The molecule has 0 fully saturated rings. The van der Waals surface area contributed by atoms with Gasteiger partial charge in [0.15, 0.2) is 5.78 Å². The number of hydrogen-bond acceptors (Lipinski definition) is 5. The Kier molecular flexibility index (Phi) is 5.08. The largest absolute Gasteiger partial charge is 0.507 e. The van der Waals surface area contributed by atoms with Crippen LogP contribution in [0.15, 0.2) is 36.4 Å². The second kappa shape index (κ2) is 7.04. The minimum absolute atomic E-state index is 0.0115. The number of anilines is 2. The second-order valence-corrected chi connectivity index (χ2v) is 5.31. The summed E-state index contributed by atoms with van der Waals surface area (Å²) < 4.78 is 0. The third-order valence-electron chi connectivity index (χ3n) is 3.87. The Hall–Kier alpha value is -3.02. The monoisotopic (exact) mass is 328 g/mol. The summed E-state index contributed by atoms with van der Waals surface area (Å²) in [5.41, 5.74) is 6.49. The van der Waals surface area contributed by atoms with Crippen LogP contribution in [0.5, 0.6) is 5.75 Å².